The standard InChI is InChI=1S/C25H21F3N2O3S/c1-3-33-21-12-6-17(7-13-21)23-16-24(18-4-8-19(9-5-18)25(26,27)28)30(29-23)20-10-14-22(15-11-20)34(2,31)32/h4-16H,3H2,1-2H3. The molecular formula is C25H21F3N2O3S. The molecule has 0 N–H and O–H groups in total. The molecule has 0 fully saturated rings. The van der Waals surface area contributed by atoms with Crippen molar-refractivity contribution in [2.24, 2.45) is 0 Å². The fourth-order valence-corrected chi connectivity index (χ4v) is 4.11. The molecule has 0 saturated carbocycles. The maximum Gasteiger partial charge on any atom is 0.416 e. The first-order valence-electron chi connectivity index (χ1n) is 10.4. The van der Waals surface area contributed by atoms with Crippen molar-refractivity contribution in [1.29, 1.82) is 0 Å². The molecule has 1 aromatic heterocycles. The number of aromatic nitrogens is 2. The van der Waals surface area contributed by atoms with Crippen LogP contribution in [0.15, 0.2) is 83.8 Å². The Balaban J connectivity index is 1.81. The van der Waals surface area contributed by atoms with Gasteiger partial charge in [-0.2, -0.15) is 18.3 Å². The van der Waals surface area contributed by atoms with E-state index in [1.165, 1.54) is 24.3 Å². The topological polar surface area (TPSA) is 61.2 Å². The van der Waals surface area contributed by atoms with Crippen LogP contribution in [0.3, 0.4) is 0 Å². The lowest BCUT2D eigenvalue weighted by Gasteiger charge is -2.10. The van der Waals surface area contributed by atoms with Gasteiger partial charge >= 0.3 is 6.18 Å². The molecular weight excluding hydrogens is 465 g/mol. The number of hydrogen-bond acceptors (Lipinski definition) is 4. The van der Waals surface area contributed by atoms with Gasteiger partial charge in [0.15, 0.2) is 9.84 Å². The Kier molecular flexibility index (Phi) is 6.22. The Morgan fingerprint density at radius 1 is 0.882 bits per heavy atom. The normalized spacial score (nSPS) is 12.0. The first kappa shape index (κ1) is 23.6. The Labute approximate surface area is 195 Å². The zero-order valence-electron chi connectivity index (χ0n) is 18.4. The number of alkyl halides is 3. The fraction of sp³-hybridized carbons (Fsp3) is 0.160. The van der Waals surface area contributed by atoms with Crippen LogP contribution in [0.5, 0.6) is 5.75 Å². The maximum atomic E-state index is 13.0. The SMILES string of the molecule is CCOc1ccc(-c2cc(-c3ccc(C(F)(F)F)cc3)n(-c3ccc(S(C)(=O)=O)cc3)n2)cc1. The van der Waals surface area contributed by atoms with Crippen LogP contribution in [0.2, 0.25) is 0 Å². The summed E-state index contributed by atoms with van der Waals surface area (Å²) in [7, 11) is -3.38. The van der Waals surface area contributed by atoms with E-state index in [0.717, 1.165) is 24.0 Å². The second-order valence-electron chi connectivity index (χ2n) is 7.63. The number of benzene rings is 3. The quantitative estimate of drug-likeness (QED) is 0.334. The van der Waals surface area contributed by atoms with Crippen LogP contribution in [0.4, 0.5) is 13.2 Å². The lowest BCUT2D eigenvalue weighted by Crippen LogP contribution is -2.05. The lowest BCUT2D eigenvalue weighted by atomic mass is 10.1. The van der Waals surface area contributed by atoms with Gasteiger partial charge in [-0.05, 0) is 73.7 Å². The van der Waals surface area contributed by atoms with Crippen LogP contribution in [-0.2, 0) is 16.0 Å². The van der Waals surface area contributed by atoms with Gasteiger partial charge in [-0.1, -0.05) is 12.1 Å². The highest BCUT2D eigenvalue weighted by molar-refractivity contribution is 7.90. The molecule has 0 saturated heterocycles. The summed E-state index contributed by atoms with van der Waals surface area (Å²) in [6, 6.07) is 20.1. The number of rotatable bonds is 6. The average Bonchev–Trinajstić information content (AvgIpc) is 3.24. The molecule has 4 rings (SSSR count). The van der Waals surface area contributed by atoms with Crippen LogP contribution in [0.1, 0.15) is 12.5 Å². The minimum absolute atomic E-state index is 0.159. The van der Waals surface area contributed by atoms with E-state index in [4.69, 9.17) is 4.74 Å². The second-order valence-corrected chi connectivity index (χ2v) is 9.64. The summed E-state index contributed by atoms with van der Waals surface area (Å²) in [6.45, 7) is 2.43. The first-order valence-corrected chi connectivity index (χ1v) is 12.3. The predicted octanol–water partition coefficient (Wildman–Crippen LogP) is 6.03. The molecule has 4 aromatic rings. The third-order valence-electron chi connectivity index (χ3n) is 5.19. The van der Waals surface area contributed by atoms with E-state index in [-0.39, 0.29) is 4.90 Å². The molecule has 0 unspecified atom stereocenters. The van der Waals surface area contributed by atoms with Crippen LogP contribution in [0, 0.1) is 0 Å². The minimum Gasteiger partial charge on any atom is -0.494 e. The summed E-state index contributed by atoms with van der Waals surface area (Å²) in [5, 5.41) is 4.67. The number of sulfone groups is 1. The van der Waals surface area contributed by atoms with Gasteiger partial charge in [0.25, 0.3) is 0 Å². The van der Waals surface area contributed by atoms with Crippen molar-refractivity contribution in [2.45, 2.75) is 18.0 Å². The van der Waals surface area contributed by atoms with Gasteiger partial charge < -0.3 is 4.74 Å². The second kappa shape index (κ2) is 8.98. The molecule has 9 heteroatoms. The van der Waals surface area contributed by atoms with Crippen molar-refractivity contribution in [2.75, 3.05) is 12.9 Å². The van der Waals surface area contributed by atoms with Gasteiger partial charge in [-0.15, -0.1) is 0 Å². The van der Waals surface area contributed by atoms with Crippen LogP contribution >= 0.6 is 0 Å². The lowest BCUT2D eigenvalue weighted by molar-refractivity contribution is -0.137. The summed E-state index contributed by atoms with van der Waals surface area (Å²) in [5.41, 5.74) is 2.31. The van der Waals surface area contributed by atoms with E-state index in [0.29, 0.717) is 35.0 Å². The Morgan fingerprint density at radius 2 is 1.47 bits per heavy atom. The summed E-state index contributed by atoms with van der Waals surface area (Å²) in [5.74, 6) is 0.713. The van der Waals surface area contributed by atoms with Crippen molar-refractivity contribution in [3.8, 4) is 34.0 Å². The maximum absolute atomic E-state index is 13.0. The molecule has 3 aromatic carbocycles. The molecule has 0 amide bonds. The van der Waals surface area contributed by atoms with E-state index in [2.05, 4.69) is 5.10 Å². The Bertz CT molecular complexity index is 1390. The fourth-order valence-electron chi connectivity index (χ4n) is 3.48. The summed E-state index contributed by atoms with van der Waals surface area (Å²) < 4.78 is 69.8. The molecule has 5 nitrogen and oxygen atoms in total. The first-order chi connectivity index (χ1) is 16.1. The summed E-state index contributed by atoms with van der Waals surface area (Å²) in [4.78, 5) is 0.159. The molecule has 0 radical (unpaired) electrons. The van der Waals surface area contributed by atoms with Gasteiger partial charge in [0, 0.05) is 17.4 Å². The summed E-state index contributed by atoms with van der Waals surface area (Å²) >= 11 is 0. The van der Waals surface area contributed by atoms with Gasteiger partial charge in [0.1, 0.15) is 5.75 Å². The smallest absolute Gasteiger partial charge is 0.416 e. The zero-order valence-corrected chi connectivity index (χ0v) is 19.2. The van der Waals surface area contributed by atoms with Gasteiger partial charge in [0.2, 0.25) is 0 Å². The number of nitrogens with zero attached hydrogens (tertiary/aromatic N) is 2. The van der Waals surface area contributed by atoms with E-state index >= 15 is 0 Å². The number of halogens is 3. The van der Waals surface area contributed by atoms with Crippen molar-refractivity contribution < 1.29 is 26.3 Å². The monoisotopic (exact) mass is 486 g/mol. The third kappa shape index (κ3) is 4.99. The third-order valence-corrected chi connectivity index (χ3v) is 6.32. The van der Waals surface area contributed by atoms with Crippen LogP contribution in [-0.4, -0.2) is 31.1 Å². The highest BCUT2D eigenvalue weighted by Gasteiger charge is 2.30. The largest absolute Gasteiger partial charge is 0.494 e. The van der Waals surface area contributed by atoms with Crippen molar-refractivity contribution in [3.05, 3.63) is 84.4 Å². The number of ether oxygens (including phenoxy) is 1. The Hall–Kier alpha value is -3.59. The van der Waals surface area contributed by atoms with Crippen LogP contribution < -0.4 is 4.74 Å². The molecule has 0 aliphatic carbocycles. The van der Waals surface area contributed by atoms with Gasteiger partial charge in [-0.3, -0.25) is 0 Å². The highest BCUT2D eigenvalue weighted by Crippen LogP contribution is 2.33. The predicted molar refractivity (Wildman–Crippen MR) is 124 cm³/mol. The Morgan fingerprint density at radius 3 is 2.00 bits per heavy atom. The van der Waals surface area contributed by atoms with E-state index < -0.39 is 21.6 Å². The molecule has 0 atom stereocenters. The molecule has 34 heavy (non-hydrogen) atoms. The molecule has 0 bridgehead atoms. The van der Waals surface area contributed by atoms with Gasteiger partial charge in [0.05, 0.1) is 34.1 Å². The number of hydrogen-bond donors (Lipinski definition) is 0. The molecule has 0 aliphatic heterocycles. The zero-order chi connectivity index (χ0) is 24.5. The summed E-state index contributed by atoms with van der Waals surface area (Å²) in [6.07, 6.45) is -3.32. The average molecular weight is 487 g/mol. The molecule has 0 spiro atoms. The molecule has 1 heterocycles. The van der Waals surface area contributed by atoms with E-state index in [1.807, 2.05) is 31.2 Å². The van der Waals surface area contributed by atoms with E-state index in [9.17, 15) is 21.6 Å². The molecule has 0 aliphatic rings. The van der Waals surface area contributed by atoms with Gasteiger partial charge in [-0.25, -0.2) is 13.1 Å². The van der Waals surface area contributed by atoms with E-state index in [1.54, 1.807) is 22.9 Å². The minimum atomic E-state index is -4.44. The highest BCUT2D eigenvalue weighted by atomic mass is 32.2. The van der Waals surface area contributed by atoms with Crippen molar-refractivity contribution in [3.63, 3.8) is 0 Å². The van der Waals surface area contributed by atoms with Crippen LogP contribution in [0.25, 0.3) is 28.2 Å². The van der Waals surface area contributed by atoms with Crippen molar-refractivity contribution in [1.82, 2.24) is 9.78 Å². The van der Waals surface area contributed by atoms with Crippen molar-refractivity contribution >= 4 is 9.84 Å². The molecule has 176 valence electrons.